The minimum atomic E-state index is -0.572. The lowest BCUT2D eigenvalue weighted by Gasteiger charge is -2.38. The third-order valence-corrected chi connectivity index (χ3v) is 6.53. The molecule has 3 heteroatoms. The first-order chi connectivity index (χ1) is 14.9. The molecule has 158 valence electrons. The maximum absolute atomic E-state index is 13.8. The highest BCUT2D eigenvalue weighted by molar-refractivity contribution is 6.04. The SMILES string of the molecule is CCC(Cc1ccc(C)cc1)(C(=O)c1ccc(-c2cccc3[nH]ccc23)cc1)N(C)C. The molecular formula is C28H30N2O. The molecule has 4 aromatic rings. The van der Waals surface area contributed by atoms with Crippen LogP contribution in [0.4, 0.5) is 0 Å². The van der Waals surface area contributed by atoms with Crippen LogP contribution in [0.5, 0.6) is 0 Å². The molecule has 0 fully saturated rings. The molecule has 3 aromatic carbocycles. The number of carbonyl (C=O) groups excluding carboxylic acids is 1. The number of rotatable bonds is 7. The van der Waals surface area contributed by atoms with Gasteiger partial charge in [0, 0.05) is 22.7 Å². The van der Waals surface area contributed by atoms with E-state index in [-0.39, 0.29) is 5.78 Å². The summed E-state index contributed by atoms with van der Waals surface area (Å²) in [7, 11) is 4.02. The molecule has 1 N–H and O–H groups in total. The predicted molar refractivity (Wildman–Crippen MR) is 130 cm³/mol. The molecule has 0 aliphatic carbocycles. The van der Waals surface area contributed by atoms with Crippen LogP contribution in [-0.4, -0.2) is 35.3 Å². The molecular weight excluding hydrogens is 380 g/mol. The Kier molecular flexibility index (Phi) is 5.79. The van der Waals surface area contributed by atoms with E-state index < -0.39 is 5.54 Å². The number of aryl methyl sites for hydroxylation is 1. The molecule has 0 amide bonds. The first-order valence-corrected chi connectivity index (χ1v) is 10.9. The molecule has 0 radical (unpaired) electrons. The zero-order chi connectivity index (χ0) is 22.0. The van der Waals surface area contributed by atoms with Crippen LogP contribution < -0.4 is 0 Å². The van der Waals surface area contributed by atoms with E-state index >= 15 is 0 Å². The Labute approximate surface area is 184 Å². The van der Waals surface area contributed by atoms with E-state index in [2.05, 4.69) is 84.4 Å². The molecule has 0 saturated heterocycles. The third-order valence-electron chi connectivity index (χ3n) is 6.53. The Morgan fingerprint density at radius 1 is 0.935 bits per heavy atom. The van der Waals surface area contributed by atoms with Gasteiger partial charge in [0.1, 0.15) is 0 Å². The summed E-state index contributed by atoms with van der Waals surface area (Å²) in [5.41, 5.74) is 6.01. The van der Waals surface area contributed by atoms with E-state index in [1.165, 1.54) is 22.1 Å². The second-order valence-electron chi connectivity index (χ2n) is 8.59. The van der Waals surface area contributed by atoms with Gasteiger partial charge >= 0.3 is 0 Å². The van der Waals surface area contributed by atoms with Crippen LogP contribution in [0.2, 0.25) is 0 Å². The number of hydrogen-bond acceptors (Lipinski definition) is 2. The normalized spacial score (nSPS) is 13.5. The predicted octanol–water partition coefficient (Wildman–Crippen LogP) is 6.28. The van der Waals surface area contributed by atoms with Gasteiger partial charge in [0.25, 0.3) is 0 Å². The van der Waals surface area contributed by atoms with Crippen LogP contribution in [0.1, 0.15) is 34.8 Å². The molecule has 1 atom stereocenters. The van der Waals surface area contributed by atoms with Gasteiger partial charge in [-0.15, -0.1) is 0 Å². The molecule has 0 saturated carbocycles. The number of aromatic nitrogens is 1. The Morgan fingerprint density at radius 2 is 1.65 bits per heavy atom. The van der Waals surface area contributed by atoms with Crippen LogP contribution in [0.25, 0.3) is 22.0 Å². The van der Waals surface area contributed by atoms with E-state index in [1.807, 2.05) is 32.4 Å². The summed E-state index contributed by atoms with van der Waals surface area (Å²) in [5, 5.41) is 1.19. The number of aromatic amines is 1. The number of H-pyrrole nitrogens is 1. The maximum atomic E-state index is 13.8. The Balaban J connectivity index is 1.67. The van der Waals surface area contributed by atoms with Gasteiger partial charge < -0.3 is 4.98 Å². The zero-order valence-electron chi connectivity index (χ0n) is 18.8. The van der Waals surface area contributed by atoms with Crippen LogP contribution in [0.15, 0.2) is 79.0 Å². The number of hydrogen-bond donors (Lipinski definition) is 1. The molecule has 1 aromatic heterocycles. The molecule has 1 heterocycles. The molecule has 0 aliphatic heterocycles. The monoisotopic (exact) mass is 410 g/mol. The van der Waals surface area contributed by atoms with Crippen LogP contribution in [0.3, 0.4) is 0 Å². The van der Waals surface area contributed by atoms with Gasteiger partial charge in [0.15, 0.2) is 5.78 Å². The largest absolute Gasteiger partial charge is 0.361 e. The van der Waals surface area contributed by atoms with Crippen molar-refractivity contribution in [2.45, 2.75) is 32.2 Å². The average molecular weight is 411 g/mol. The maximum Gasteiger partial charge on any atom is 0.183 e. The minimum Gasteiger partial charge on any atom is -0.361 e. The fraction of sp³-hybridized carbons (Fsp3) is 0.250. The van der Waals surface area contributed by atoms with Gasteiger partial charge in [0.05, 0.1) is 5.54 Å². The topological polar surface area (TPSA) is 36.1 Å². The fourth-order valence-electron chi connectivity index (χ4n) is 4.49. The molecule has 31 heavy (non-hydrogen) atoms. The van der Waals surface area contributed by atoms with Gasteiger partial charge in [-0.3, -0.25) is 9.69 Å². The summed E-state index contributed by atoms with van der Waals surface area (Å²) in [6.45, 7) is 4.19. The first kappa shape index (κ1) is 21.1. The van der Waals surface area contributed by atoms with Crippen LogP contribution >= 0.6 is 0 Å². The summed E-state index contributed by atoms with van der Waals surface area (Å²) in [6, 6.07) is 25.0. The van der Waals surface area contributed by atoms with Gasteiger partial charge in [-0.05, 0) is 62.7 Å². The summed E-state index contributed by atoms with van der Waals surface area (Å²) in [4.78, 5) is 19.1. The van der Waals surface area contributed by atoms with Gasteiger partial charge in [-0.2, -0.15) is 0 Å². The summed E-state index contributed by atoms with van der Waals surface area (Å²) in [5.74, 6) is 0.173. The van der Waals surface area contributed by atoms with Gasteiger partial charge in [0.2, 0.25) is 0 Å². The molecule has 0 aliphatic rings. The van der Waals surface area contributed by atoms with Crippen LogP contribution in [-0.2, 0) is 6.42 Å². The molecule has 1 unspecified atom stereocenters. The lowest BCUT2D eigenvalue weighted by molar-refractivity contribution is 0.0666. The standard InChI is InChI=1S/C28H30N2O/c1-5-28(30(3)4,19-21-11-9-20(2)10-12-21)27(31)23-15-13-22(14-16-23)24-7-6-8-26-25(24)17-18-29-26/h6-18,29H,5,19H2,1-4H3. The summed E-state index contributed by atoms with van der Waals surface area (Å²) in [6.07, 6.45) is 3.40. The van der Waals surface area contributed by atoms with E-state index in [4.69, 9.17) is 0 Å². The number of nitrogens with one attached hydrogen (secondary N) is 1. The number of fused-ring (bicyclic) bond motifs is 1. The number of nitrogens with zero attached hydrogens (tertiary/aromatic N) is 1. The lowest BCUT2D eigenvalue weighted by Crippen LogP contribution is -2.52. The van der Waals surface area contributed by atoms with Crippen molar-refractivity contribution in [3.05, 3.63) is 95.7 Å². The Morgan fingerprint density at radius 3 is 2.29 bits per heavy atom. The quantitative estimate of drug-likeness (QED) is 0.364. The average Bonchev–Trinajstić information content (AvgIpc) is 3.27. The second-order valence-corrected chi connectivity index (χ2v) is 8.59. The van der Waals surface area contributed by atoms with E-state index in [9.17, 15) is 4.79 Å². The van der Waals surface area contributed by atoms with Crippen molar-refractivity contribution < 1.29 is 4.79 Å². The summed E-state index contributed by atoms with van der Waals surface area (Å²) >= 11 is 0. The van der Waals surface area contributed by atoms with E-state index in [1.54, 1.807) is 0 Å². The number of carbonyl (C=O) groups is 1. The highest BCUT2D eigenvalue weighted by Gasteiger charge is 2.39. The van der Waals surface area contributed by atoms with Crippen molar-refractivity contribution in [1.82, 2.24) is 9.88 Å². The van der Waals surface area contributed by atoms with E-state index in [0.29, 0.717) is 6.42 Å². The molecule has 4 rings (SSSR count). The molecule has 0 spiro atoms. The van der Waals surface area contributed by atoms with Gasteiger partial charge in [-0.1, -0.05) is 73.2 Å². The van der Waals surface area contributed by atoms with Gasteiger partial charge in [-0.25, -0.2) is 0 Å². The number of ketones is 1. The minimum absolute atomic E-state index is 0.173. The lowest BCUT2D eigenvalue weighted by atomic mass is 9.80. The van der Waals surface area contributed by atoms with Crippen LogP contribution in [0, 0.1) is 6.92 Å². The first-order valence-electron chi connectivity index (χ1n) is 10.9. The van der Waals surface area contributed by atoms with Crippen molar-refractivity contribution in [2.75, 3.05) is 14.1 Å². The Hall–Kier alpha value is -3.17. The zero-order valence-corrected chi connectivity index (χ0v) is 18.8. The smallest absolute Gasteiger partial charge is 0.183 e. The molecule has 0 bridgehead atoms. The third kappa shape index (κ3) is 3.94. The summed E-state index contributed by atoms with van der Waals surface area (Å²) < 4.78 is 0. The highest BCUT2D eigenvalue weighted by Crippen LogP contribution is 2.31. The number of likely N-dealkylation sites (N-methyl/N-ethyl adjacent to an activating group) is 1. The second kappa shape index (κ2) is 8.52. The van der Waals surface area contributed by atoms with E-state index in [0.717, 1.165) is 23.1 Å². The Bertz CT molecular complexity index is 1190. The van der Waals surface area contributed by atoms with Crippen molar-refractivity contribution in [3.63, 3.8) is 0 Å². The van der Waals surface area contributed by atoms with Crippen molar-refractivity contribution in [2.24, 2.45) is 0 Å². The van der Waals surface area contributed by atoms with Crippen molar-refractivity contribution in [3.8, 4) is 11.1 Å². The fourth-order valence-corrected chi connectivity index (χ4v) is 4.49. The molecule has 3 nitrogen and oxygen atoms in total. The number of benzene rings is 3. The van der Waals surface area contributed by atoms with Crippen molar-refractivity contribution in [1.29, 1.82) is 0 Å². The van der Waals surface area contributed by atoms with Crippen molar-refractivity contribution >= 4 is 16.7 Å². The number of Topliss-reactive ketones (excluding diaryl/α,β-unsaturated/α-hetero) is 1. The highest BCUT2D eigenvalue weighted by atomic mass is 16.1.